The van der Waals surface area contributed by atoms with E-state index >= 15 is 0 Å². The second-order valence-corrected chi connectivity index (χ2v) is 6.98. The number of pyridine rings is 1. The van der Waals surface area contributed by atoms with Gasteiger partial charge in [-0.05, 0) is 18.6 Å². The van der Waals surface area contributed by atoms with Crippen LogP contribution in [0.5, 0.6) is 0 Å². The van der Waals surface area contributed by atoms with Crippen molar-refractivity contribution < 1.29 is 37.4 Å². The average molecular weight is 312 g/mol. The molecule has 85 valence electrons. The molecule has 0 aliphatic carbocycles. The van der Waals surface area contributed by atoms with E-state index in [1.165, 1.54) is 0 Å². The van der Waals surface area contributed by atoms with Gasteiger partial charge in [-0.15, -0.1) is 15.5 Å². The maximum absolute atomic E-state index is 11.2. The number of hydrogen-bond donors (Lipinski definition) is 0. The Hall–Kier alpha value is 0.0739. The molecule has 16 heavy (non-hydrogen) atoms. The van der Waals surface area contributed by atoms with Crippen molar-refractivity contribution in [1.82, 2.24) is 0 Å². The molecule has 0 spiro atoms. The van der Waals surface area contributed by atoms with Gasteiger partial charge < -0.3 is 5.21 Å². The zero-order chi connectivity index (χ0) is 10.9. The predicted molar refractivity (Wildman–Crippen MR) is 63.9 cm³/mol. The van der Waals surface area contributed by atoms with E-state index in [2.05, 4.69) is 16.4 Å². The van der Waals surface area contributed by atoms with Gasteiger partial charge in [0.05, 0.1) is 6.20 Å². The van der Waals surface area contributed by atoms with Crippen LogP contribution in [0.4, 0.5) is 0 Å². The van der Waals surface area contributed by atoms with Crippen LogP contribution in [0.15, 0.2) is 22.7 Å². The fourth-order valence-corrected chi connectivity index (χ4v) is 4.77. The Labute approximate surface area is 122 Å². The molecule has 2 heterocycles. The molecular formula is C11H15N2OSY-. The normalized spacial score (nSPS) is 28.4. The maximum Gasteiger partial charge on any atom is 0.125 e. The van der Waals surface area contributed by atoms with E-state index < -0.39 is 9.41 Å². The summed E-state index contributed by atoms with van der Waals surface area (Å²) in [6, 6.07) is 3.64. The van der Waals surface area contributed by atoms with Crippen LogP contribution in [0.2, 0.25) is 0 Å². The van der Waals surface area contributed by atoms with Gasteiger partial charge in [0.15, 0.2) is 0 Å². The quantitative estimate of drug-likeness (QED) is 0.334. The molecule has 1 aromatic rings. The summed E-state index contributed by atoms with van der Waals surface area (Å²) in [6.07, 6.45) is 6.43. The molecule has 1 aromatic heterocycles. The third kappa shape index (κ3) is 2.66. The van der Waals surface area contributed by atoms with Crippen molar-refractivity contribution in [3.05, 3.63) is 35.3 Å². The Kier molecular flexibility index (Phi) is 4.95. The van der Waals surface area contributed by atoms with Gasteiger partial charge in [-0.3, -0.25) is 9.09 Å². The van der Waals surface area contributed by atoms with Crippen LogP contribution in [0, 0.1) is 11.4 Å². The maximum atomic E-state index is 11.2. The molecule has 0 amide bonds. The van der Waals surface area contributed by atoms with E-state index in [-0.39, 0.29) is 32.7 Å². The van der Waals surface area contributed by atoms with Crippen LogP contribution in [0.1, 0.15) is 23.7 Å². The van der Waals surface area contributed by atoms with Crippen molar-refractivity contribution in [3.63, 3.8) is 0 Å². The van der Waals surface area contributed by atoms with Gasteiger partial charge in [0.1, 0.15) is 6.20 Å². The summed E-state index contributed by atoms with van der Waals surface area (Å²) < 4.78 is 5.20. The molecule has 2 rings (SSSR count). The van der Waals surface area contributed by atoms with Gasteiger partial charge in [-0.2, -0.15) is 6.07 Å². The summed E-state index contributed by atoms with van der Waals surface area (Å²) in [5, 5.41) is 11.5. The largest absolute Gasteiger partial charge is 0.641 e. The standard InChI is InChI=1S/C11H15N2OS.Y/c1-12-15(2)8-4-6-11(15)10-5-3-7-13(14)9-10;/h3,5,9,11H,2,4,6,8H2,1H3;/q-1;. The van der Waals surface area contributed by atoms with Gasteiger partial charge in [0.2, 0.25) is 0 Å². The van der Waals surface area contributed by atoms with Crippen LogP contribution >= 0.6 is 0 Å². The number of aromatic nitrogens is 1. The molecule has 3 nitrogen and oxygen atoms in total. The first-order valence-corrected chi connectivity index (χ1v) is 6.99. The van der Waals surface area contributed by atoms with Gasteiger partial charge in [0, 0.05) is 45.0 Å². The van der Waals surface area contributed by atoms with Gasteiger partial charge >= 0.3 is 0 Å². The van der Waals surface area contributed by atoms with Crippen molar-refractivity contribution in [2.24, 2.45) is 4.36 Å². The Balaban J connectivity index is 0.00000128. The fourth-order valence-electron chi connectivity index (χ4n) is 2.13. The molecule has 2 unspecified atom stereocenters. The van der Waals surface area contributed by atoms with Crippen molar-refractivity contribution in [2.45, 2.75) is 18.1 Å². The van der Waals surface area contributed by atoms with Crippen molar-refractivity contribution in [1.29, 1.82) is 0 Å². The molecule has 0 saturated carbocycles. The SMILES string of the molecule is C=S1(=NC)CCCC1c1cc[c-][n+]([O-])c1.[Y]. The molecule has 0 N–H and O–H groups in total. The zero-order valence-corrected chi connectivity index (χ0v) is 13.1. The molecule has 1 aliphatic heterocycles. The summed E-state index contributed by atoms with van der Waals surface area (Å²) in [6.45, 7) is 0. The van der Waals surface area contributed by atoms with Gasteiger partial charge in [-0.25, -0.2) is 0 Å². The summed E-state index contributed by atoms with van der Waals surface area (Å²) >= 11 is 0. The van der Waals surface area contributed by atoms with Crippen LogP contribution in [0.3, 0.4) is 0 Å². The molecule has 5 heteroatoms. The minimum atomic E-state index is -1.14. The number of nitrogens with zero attached hydrogens (tertiary/aromatic N) is 2. The summed E-state index contributed by atoms with van der Waals surface area (Å²) in [5.41, 5.74) is 1.07. The summed E-state index contributed by atoms with van der Waals surface area (Å²) in [5.74, 6) is 5.36. The predicted octanol–water partition coefficient (Wildman–Crippen LogP) is 1.35. The Bertz CT molecular complexity index is 481. The molecule has 1 saturated heterocycles. The Morgan fingerprint density at radius 2 is 2.44 bits per heavy atom. The van der Waals surface area contributed by atoms with Gasteiger partial charge in [-0.1, -0.05) is 11.4 Å². The number of rotatable bonds is 1. The van der Waals surface area contributed by atoms with Crippen molar-refractivity contribution >= 4 is 15.3 Å². The number of hydrogen-bond acceptors (Lipinski definition) is 2. The minimum absolute atomic E-state index is 0. The molecular weight excluding hydrogens is 297 g/mol. The van der Waals surface area contributed by atoms with E-state index in [0.717, 1.165) is 28.9 Å². The fraction of sp³-hybridized carbons (Fsp3) is 0.455. The van der Waals surface area contributed by atoms with E-state index in [1.807, 2.05) is 13.1 Å². The average Bonchev–Trinajstić information content (AvgIpc) is 2.61. The van der Waals surface area contributed by atoms with Crippen LogP contribution in [-0.2, 0) is 42.1 Å². The second-order valence-electron chi connectivity index (χ2n) is 3.84. The van der Waals surface area contributed by atoms with E-state index in [1.54, 1.807) is 12.3 Å². The second kappa shape index (κ2) is 5.61. The third-order valence-corrected chi connectivity index (χ3v) is 6.26. The first-order valence-electron chi connectivity index (χ1n) is 5.00. The van der Waals surface area contributed by atoms with Crippen LogP contribution in [-0.4, -0.2) is 18.7 Å². The Morgan fingerprint density at radius 3 is 3.06 bits per heavy atom. The van der Waals surface area contributed by atoms with E-state index in [0.29, 0.717) is 5.25 Å². The van der Waals surface area contributed by atoms with Crippen LogP contribution in [0.25, 0.3) is 0 Å². The molecule has 0 bridgehead atoms. The first kappa shape index (κ1) is 14.1. The molecule has 1 fully saturated rings. The summed E-state index contributed by atoms with van der Waals surface area (Å²) in [4.78, 5) is 0. The summed E-state index contributed by atoms with van der Waals surface area (Å²) in [7, 11) is 0.705. The topological polar surface area (TPSA) is 39.3 Å². The van der Waals surface area contributed by atoms with Crippen molar-refractivity contribution in [2.75, 3.05) is 12.8 Å². The zero-order valence-electron chi connectivity index (χ0n) is 9.43. The van der Waals surface area contributed by atoms with Crippen LogP contribution < -0.4 is 4.73 Å². The molecule has 1 radical (unpaired) electrons. The Morgan fingerprint density at radius 1 is 1.69 bits per heavy atom. The van der Waals surface area contributed by atoms with E-state index in [4.69, 9.17) is 0 Å². The molecule has 1 aliphatic rings. The smallest absolute Gasteiger partial charge is 0.125 e. The first-order chi connectivity index (χ1) is 7.15. The third-order valence-electron chi connectivity index (χ3n) is 2.97. The molecule has 0 aromatic carbocycles. The van der Waals surface area contributed by atoms with Crippen molar-refractivity contribution in [3.8, 4) is 0 Å². The van der Waals surface area contributed by atoms with E-state index in [9.17, 15) is 5.21 Å². The van der Waals surface area contributed by atoms with Gasteiger partial charge in [0.25, 0.3) is 0 Å². The minimum Gasteiger partial charge on any atom is -0.641 e. The monoisotopic (exact) mass is 312 g/mol. The molecule has 2 atom stereocenters.